The van der Waals surface area contributed by atoms with Crippen LogP contribution in [0.5, 0.6) is 0 Å². The highest BCUT2D eigenvalue weighted by molar-refractivity contribution is 7.18. The first-order valence-electron chi connectivity index (χ1n) is 12.0. The van der Waals surface area contributed by atoms with Gasteiger partial charge in [-0.1, -0.05) is 24.3 Å². The zero-order chi connectivity index (χ0) is 24.3. The number of alkyl halides is 3. The number of rotatable bonds is 5. The molecule has 0 N–H and O–H groups in total. The summed E-state index contributed by atoms with van der Waals surface area (Å²) in [5.41, 5.74) is 2.34. The van der Waals surface area contributed by atoms with Gasteiger partial charge in [0.05, 0.1) is 23.3 Å². The molecule has 0 radical (unpaired) electrons. The maximum Gasteiger partial charge on any atom is 0.393 e. The van der Waals surface area contributed by atoms with Crippen LogP contribution in [0, 0.1) is 16.7 Å². The number of anilines is 1. The molecule has 0 bridgehead atoms. The summed E-state index contributed by atoms with van der Waals surface area (Å²) in [5, 5.41) is 10.2. The Morgan fingerprint density at radius 2 is 1.80 bits per heavy atom. The molecule has 2 aromatic heterocycles. The van der Waals surface area contributed by atoms with Crippen LogP contribution in [-0.2, 0) is 18.4 Å². The molecule has 1 saturated carbocycles. The Balaban J connectivity index is 1.13. The number of hydrogen-bond donors (Lipinski definition) is 0. The van der Waals surface area contributed by atoms with Gasteiger partial charge in [-0.3, -0.25) is 4.90 Å². The Labute approximate surface area is 206 Å². The zero-order valence-electron chi connectivity index (χ0n) is 19.3. The van der Waals surface area contributed by atoms with E-state index in [2.05, 4.69) is 50.1 Å². The molecule has 1 atom stereocenters. The normalized spacial score (nSPS) is 23.9. The monoisotopic (exact) mass is 497 g/mol. The minimum atomic E-state index is -4.23. The van der Waals surface area contributed by atoms with Crippen molar-refractivity contribution in [1.29, 1.82) is 5.26 Å². The van der Waals surface area contributed by atoms with Crippen molar-refractivity contribution >= 4 is 27.4 Å². The summed E-state index contributed by atoms with van der Waals surface area (Å²) in [5.74, 6) is 0.761. The van der Waals surface area contributed by atoms with Gasteiger partial charge in [0.15, 0.2) is 0 Å². The first kappa shape index (κ1) is 22.7. The largest absolute Gasteiger partial charge is 0.393 e. The van der Waals surface area contributed by atoms with Gasteiger partial charge in [0.25, 0.3) is 0 Å². The van der Waals surface area contributed by atoms with Crippen molar-refractivity contribution in [2.24, 2.45) is 5.41 Å². The number of likely N-dealkylation sites (tertiary alicyclic amines) is 1. The van der Waals surface area contributed by atoms with Crippen LogP contribution in [-0.4, -0.2) is 47.2 Å². The number of thiophene rings is 1. The van der Waals surface area contributed by atoms with Gasteiger partial charge in [-0.25, -0.2) is 9.97 Å². The molecule has 9 heteroatoms. The van der Waals surface area contributed by atoms with Crippen LogP contribution in [0.1, 0.15) is 41.7 Å². The van der Waals surface area contributed by atoms with Crippen LogP contribution in [0.2, 0.25) is 0 Å². The van der Waals surface area contributed by atoms with Gasteiger partial charge in [0.1, 0.15) is 17.0 Å². The minimum absolute atomic E-state index is 0.181. The standard InChI is InChI=1S/C26H26F3N5S/c27-26(28,29)12-20-11-21-22(31-17-32-23(21)35-20)34-10-8-24(16-34)7-9-33(15-24)13-18-1-3-19(4-2-18)25(14-30)5-6-25/h1-4,11,17H,5-10,12-13,15-16H2/t24-/m0/s1. The third-order valence-corrected chi connectivity index (χ3v) is 8.91. The molecule has 1 aliphatic carbocycles. The highest BCUT2D eigenvalue weighted by Crippen LogP contribution is 2.47. The molecule has 3 aliphatic rings. The molecule has 0 unspecified atom stereocenters. The van der Waals surface area contributed by atoms with E-state index in [-0.39, 0.29) is 15.7 Å². The summed E-state index contributed by atoms with van der Waals surface area (Å²) >= 11 is 1.11. The fraction of sp³-hybridized carbons (Fsp3) is 0.500. The van der Waals surface area contributed by atoms with Crippen LogP contribution < -0.4 is 4.90 Å². The van der Waals surface area contributed by atoms with E-state index >= 15 is 0 Å². The van der Waals surface area contributed by atoms with Gasteiger partial charge in [0, 0.05) is 36.5 Å². The Kier molecular flexibility index (Phi) is 5.31. The molecule has 182 valence electrons. The van der Waals surface area contributed by atoms with Gasteiger partial charge in [0.2, 0.25) is 0 Å². The fourth-order valence-corrected chi connectivity index (χ4v) is 6.84. The molecule has 2 saturated heterocycles. The van der Waals surface area contributed by atoms with Gasteiger partial charge >= 0.3 is 6.18 Å². The van der Waals surface area contributed by atoms with Gasteiger partial charge in [-0.2, -0.15) is 18.4 Å². The highest BCUT2D eigenvalue weighted by Gasteiger charge is 2.45. The number of benzene rings is 1. The number of fused-ring (bicyclic) bond motifs is 1. The number of aromatic nitrogens is 2. The highest BCUT2D eigenvalue weighted by atomic mass is 32.1. The van der Waals surface area contributed by atoms with Crippen LogP contribution in [0.25, 0.3) is 10.2 Å². The topological polar surface area (TPSA) is 56.1 Å². The second-order valence-electron chi connectivity index (χ2n) is 10.4. The molecule has 1 spiro atoms. The van der Waals surface area contributed by atoms with Gasteiger partial charge < -0.3 is 4.90 Å². The SMILES string of the molecule is N#CC1(c2ccc(CN3CC[C@]4(CCN(c5ncnc6sc(CC(F)(F)F)cc56)C4)C3)cc2)CC1. The van der Waals surface area contributed by atoms with Crippen molar-refractivity contribution in [3.8, 4) is 6.07 Å². The molecule has 6 rings (SSSR count). The van der Waals surface area contributed by atoms with Gasteiger partial charge in [-0.15, -0.1) is 11.3 Å². The van der Waals surface area contributed by atoms with Crippen molar-refractivity contribution in [1.82, 2.24) is 14.9 Å². The van der Waals surface area contributed by atoms with Crippen molar-refractivity contribution < 1.29 is 13.2 Å². The number of nitrogens with zero attached hydrogens (tertiary/aromatic N) is 5. The Bertz CT molecular complexity index is 1290. The van der Waals surface area contributed by atoms with Crippen molar-refractivity contribution in [2.75, 3.05) is 31.1 Å². The summed E-state index contributed by atoms with van der Waals surface area (Å²) in [6.45, 7) is 4.65. The van der Waals surface area contributed by atoms with E-state index < -0.39 is 12.6 Å². The molecule has 0 amide bonds. The molecule has 2 aliphatic heterocycles. The summed E-state index contributed by atoms with van der Waals surface area (Å²) in [4.78, 5) is 14.4. The molecular formula is C26H26F3N5S. The average molecular weight is 498 g/mol. The second kappa shape index (κ2) is 8.17. The van der Waals surface area contributed by atoms with Gasteiger partial charge in [-0.05, 0) is 49.4 Å². The third-order valence-electron chi connectivity index (χ3n) is 7.87. The predicted octanol–water partition coefficient (Wildman–Crippen LogP) is 5.45. The minimum Gasteiger partial charge on any atom is -0.355 e. The smallest absolute Gasteiger partial charge is 0.355 e. The lowest BCUT2D eigenvalue weighted by atomic mass is 9.86. The van der Waals surface area contributed by atoms with E-state index in [1.54, 1.807) is 6.07 Å². The zero-order valence-corrected chi connectivity index (χ0v) is 20.1. The van der Waals surface area contributed by atoms with E-state index in [1.165, 1.54) is 11.9 Å². The maximum atomic E-state index is 12.9. The Morgan fingerprint density at radius 1 is 1.03 bits per heavy atom. The number of nitriles is 1. The van der Waals surface area contributed by atoms with E-state index in [0.29, 0.717) is 4.83 Å². The first-order valence-corrected chi connectivity index (χ1v) is 12.9. The summed E-state index contributed by atoms with van der Waals surface area (Å²) < 4.78 is 38.7. The van der Waals surface area contributed by atoms with Crippen molar-refractivity contribution in [3.05, 3.63) is 52.7 Å². The van der Waals surface area contributed by atoms with Crippen LogP contribution >= 0.6 is 11.3 Å². The molecule has 1 aromatic carbocycles. The lowest BCUT2D eigenvalue weighted by molar-refractivity contribution is -0.126. The van der Waals surface area contributed by atoms with Crippen molar-refractivity contribution in [3.63, 3.8) is 0 Å². The second-order valence-corrected chi connectivity index (χ2v) is 11.6. The molecule has 4 heterocycles. The summed E-state index contributed by atoms with van der Waals surface area (Å²) in [6, 6.07) is 12.6. The molecule has 3 fully saturated rings. The summed E-state index contributed by atoms with van der Waals surface area (Å²) in [7, 11) is 0. The third kappa shape index (κ3) is 4.38. The van der Waals surface area contributed by atoms with Crippen molar-refractivity contribution in [2.45, 2.75) is 50.2 Å². The lowest BCUT2D eigenvalue weighted by Gasteiger charge is -2.25. The maximum absolute atomic E-state index is 12.9. The Morgan fingerprint density at radius 3 is 2.51 bits per heavy atom. The number of halogens is 3. The van der Waals surface area contributed by atoms with E-state index in [1.807, 2.05) is 0 Å². The van der Waals surface area contributed by atoms with Crippen LogP contribution in [0.15, 0.2) is 36.7 Å². The first-order chi connectivity index (χ1) is 16.8. The summed E-state index contributed by atoms with van der Waals surface area (Å²) in [6.07, 6.45) is 0.399. The molecular weight excluding hydrogens is 471 g/mol. The van der Waals surface area contributed by atoms with E-state index in [9.17, 15) is 18.4 Å². The fourth-order valence-electron chi connectivity index (χ4n) is 5.82. The molecule has 35 heavy (non-hydrogen) atoms. The van der Waals surface area contributed by atoms with Crippen LogP contribution in [0.4, 0.5) is 19.0 Å². The predicted molar refractivity (Wildman–Crippen MR) is 129 cm³/mol. The molecule has 3 aromatic rings. The lowest BCUT2D eigenvalue weighted by Crippen LogP contribution is -2.31. The van der Waals surface area contributed by atoms with E-state index in [0.717, 1.165) is 86.5 Å². The molecule has 5 nitrogen and oxygen atoms in total. The van der Waals surface area contributed by atoms with E-state index in [4.69, 9.17) is 0 Å². The Hall–Kier alpha value is -2.70. The quantitative estimate of drug-likeness (QED) is 0.469. The number of hydrogen-bond acceptors (Lipinski definition) is 6. The average Bonchev–Trinajstić information content (AvgIpc) is 3.13. The van der Waals surface area contributed by atoms with Crippen LogP contribution in [0.3, 0.4) is 0 Å².